The number of benzene rings is 1. The van der Waals surface area contributed by atoms with E-state index in [9.17, 15) is 22.4 Å². The Kier molecular flexibility index (Phi) is 8.71. The van der Waals surface area contributed by atoms with Gasteiger partial charge in [-0.05, 0) is 81.4 Å². The van der Waals surface area contributed by atoms with E-state index in [2.05, 4.69) is 20.3 Å². The van der Waals surface area contributed by atoms with Crippen molar-refractivity contribution in [3.63, 3.8) is 0 Å². The summed E-state index contributed by atoms with van der Waals surface area (Å²) in [5.74, 6) is -0.398. The van der Waals surface area contributed by atoms with E-state index in [1.165, 1.54) is 23.5 Å². The first-order valence-corrected chi connectivity index (χ1v) is 16.5. The maximum absolute atomic E-state index is 13.9. The van der Waals surface area contributed by atoms with Crippen molar-refractivity contribution in [3.05, 3.63) is 89.2 Å². The van der Waals surface area contributed by atoms with Crippen molar-refractivity contribution < 1.29 is 22.4 Å². The van der Waals surface area contributed by atoms with Crippen LogP contribution in [-0.2, 0) is 7.05 Å². The molecule has 49 heavy (non-hydrogen) atoms. The number of thiazole rings is 1. The predicted molar refractivity (Wildman–Crippen MR) is 178 cm³/mol. The molecule has 5 aromatic heterocycles. The standard InChI is InChI=1S/C34H31F4N9OS/c1-20-31(49-33(40-20)23-4-3-14-39-18-23)32(48)42-26-19-47-27(41-26)10-9-25(43-47)28-29(21-5-7-24(35)8-6-21)44-45(2)30(28)22-11-15-46(16-12-22)17-13-34(36,37)38/h3-10,14,18-19,22H,11-13,15-17H2,1-2H3,(H,42,48). The van der Waals surface area contributed by atoms with Crippen LogP contribution < -0.4 is 5.32 Å². The molecule has 0 unspecified atom stereocenters. The summed E-state index contributed by atoms with van der Waals surface area (Å²) in [5.41, 5.74) is 5.48. The van der Waals surface area contributed by atoms with Gasteiger partial charge in [0, 0.05) is 43.0 Å². The lowest BCUT2D eigenvalue weighted by molar-refractivity contribution is -0.138. The van der Waals surface area contributed by atoms with Gasteiger partial charge < -0.3 is 10.2 Å². The van der Waals surface area contributed by atoms with Gasteiger partial charge in [0.2, 0.25) is 0 Å². The zero-order valence-corrected chi connectivity index (χ0v) is 27.4. The van der Waals surface area contributed by atoms with Crippen molar-refractivity contribution in [1.29, 1.82) is 0 Å². The van der Waals surface area contributed by atoms with Gasteiger partial charge in [-0.1, -0.05) is 0 Å². The number of aromatic nitrogens is 7. The zero-order valence-electron chi connectivity index (χ0n) is 26.6. The number of alkyl halides is 3. The van der Waals surface area contributed by atoms with Crippen LogP contribution in [0.2, 0.25) is 0 Å². The normalized spacial score (nSPS) is 14.5. The predicted octanol–water partition coefficient (Wildman–Crippen LogP) is 7.15. The van der Waals surface area contributed by atoms with Crippen LogP contribution in [0.5, 0.6) is 0 Å². The van der Waals surface area contributed by atoms with Gasteiger partial charge in [0.25, 0.3) is 5.91 Å². The largest absolute Gasteiger partial charge is 0.390 e. The van der Waals surface area contributed by atoms with Crippen LogP contribution in [0.4, 0.5) is 23.4 Å². The molecule has 252 valence electrons. The number of aryl methyl sites for hydroxylation is 2. The summed E-state index contributed by atoms with van der Waals surface area (Å²) in [7, 11) is 1.84. The van der Waals surface area contributed by atoms with Crippen molar-refractivity contribution in [2.45, 2.75) is 38.3 Å². The highest BCUT2D eigenvalue weighted by atomic mass is 32.1. The molecule has 6 aromatic rings. The summed E-state index contributed by atoms with van der Waals surface area (Å²) in [6.07, 6.45) is 1.27. The molecule has 1 aliphatic heterocycles. The first kappa shape index (κ1) is 32.5. The number of nitrogens with zero attached hydrogens (tertiary/aromatic N) is 8. The highest BCUT2D eigenvalue weighted by molar-refractivity contribution is 7.17. The Morgan fingerprint density at radius 1 is 1.02 bits per heavy atom. The molecule has 0 spiro atoms. The van der Waals surface area contributed by atoms with Crippen molar-refractivity contribution >= 4 is 28.7 Å². The fraction of sp³-hybridized carbons (Fsp3) is 0.294. The van der Waals surface area contributed by atoms with Crippen LogP contribution in [0.25, 0.3) is 38.7 Å². The number of carbonyl (C=O) groups excluding carboxylic acids is 1. The third-order valence-corrected chi connectivity index (χ3v) is 9.83. The molecule has 1 amide bonds. The topological polar surface area (TPSA) is 106 Å². The monoisotopic (exact) mass is 689 g/mol. The SMILES string of the molecule is Cc1nc(-c2cccnc2)sc1C(=O)Nc1cn2nc(-c3c(-c4ccc(F)cc4)nn(C)c3C3CCN(CCC(F)(F)F)CC3)ccc2n1. The number of nitrogens with one attached hydrogen (secondary N) is 1. The van der Waals surface area contributed by atoms with Gasteiger partial charge >= 0.3 is 6.18 Å². The maximum Gasteiger partial charge on any atom is 0.390 e. The minimum absolute atomic E-state index is 0.0122. The summed E-state index contributed by atoms with van der Waals surface area (Å²) in [5, 5.41) is 13.3. The minimum Gasteiger partial charge on any atom is -0.304 e. The number of halogens is 4. The van der Waals surface area contributed by atoms with Gasteiger partial charge in [-0.3, -0.25) is 14.5 Å². The molecule has 7 rings (SSSR count). The summed E-state index contributed by atoms with van der Waals surface area (Å²) < 4.78 is 55.9. The number of hydrogen-bond donors (Lipinski definition) is 1. The molecule has 1 fully saturated rings. The number of likely N-dealkylation sites (tertiary alicyclic amines) is 1. The quantitative estimate of drug-likeness (QED) is 0.169. The molecule has 1 aliphatic rings. The van der Waals surface area contributed by atoms with Crippen LogP contribution in [0.15, 0.2) is 67.1 Å². The van der Waals surface area contributed by atoms with Crippen LogP contribution in [0, 0.1) is 12.7 Å². The van der Waals surface area contributed by atoms with Crippen molar-refractivity contribution in [2.75, 3.05) is 25.0 Å². The van der Waals surface area contributed by atoms with Crippen molar-refractivity contribution in [1.82, 2.24) is 39.2 Å². The van der Waals surface area contributed by atoms with E-state index < -0.39 is 12.6 Å². The maximum atomic E-state index is 13.9. The van der Waals surface area contributed by atoms with E-state index in [1.807, 2.05) is 30.1 Å². The molecule has 0 saturated carbocycles. The van der Waals surface area contributed by atoms with Gasteiger partial charge in [0.05, 0.1) is 35.3 Å². The number of pyridine rings is 1. The van der Waals surface area contributed by atoms with Crippen LogP contribution in [0.1, 0.15) is 46.2 Å². The van der Waals surface area contributed by atoms with Crippen LogP contribution in [-0.4, -0.2) is 71.0 Å². The van der Waals surface area contributed by atoms with Gasteiger partial charge in [-0.15, -0.1) is 11.3 Å². The first-order chi connectivity index (χ1) is 23.5. The summed E-state index contributed by atoms with van der Waals surface area (Å²) in [4.78, 5) is 28.8. The number of hydrogen-bond acceptors (Lipinski definition) is 8. The van der Waals surface area contributed by atoms with Crippen LogP contribution in [0.3, 0.4) is 0 Å². The lowest BCUT2D eigenvalue weighted by Gasteiger charge is -2.32. The van der Waals surface area contributed by atoms with E-state index in [0.29, 0.717) is 69.9 Å². The average Bonchev–Trinajstić information content (AvgIpc) is 3.78. The Labute approximate surface area is 282 Å². The molecule has 15 heteroatoms. The second-order valence-electron chi connectivity index (χ2n) is 12.0. The molecule has 1 N–H and O–H groups in total. The molecule has 0 bridgehead atoms. The molecule has 1 aromatic carbocycles. The first-order valence-electron chi connectivity index (χ1n) is 15.7. The van der Waals surface area contributed by atoms with E-state index in [4.69, 9.17) is 10.2 Å². The molecule has 0 radical (unpaired) electrons. The smallest absolute Gasteiger partial charge is 0.304 e. The Morgan fingerprint density at radius 3 is 2.51 bits per heavy atom. The summed E-state index contributed by atoms with van der Waals surface area (Å²) in [6, 6.07) is 13.4. The average molecular weight is 690 g/mol. The zero-order chi connectivity index (χ0) is 34.3. The Bertz CT molecular complexity index is 2120. The number of fused-ring (bicyclic) bond motifs is 1. The number of amides is 1. The van der Waals surface area contributed by atoms with Gasteiger partial charge in [0.1, 0.15) is 21.4 Å². The summed E-state index contributed by atoms with van der Waals surface area (Å²) in [6.45, 7) is 2.80. The van der Waals surface area contributed by atoms with Gasteiger partial charge in [-0.2, -0.15) is 23.4 Å². The minimum atomic E-state index is -4.19. The molecule has 6 heterocycles. The van der Waals surface area contributed by atoms with Crippen LogP contribution >= 0.6 is 11.3 Å². The number of carbonyl (C=O) groups is 1. The van der Waals surface area contributed by atoms with Gasteiger partial charge in [0.15, 0.2) is 11.5 Å². The second kappa shape index (κ2) is 13.1. The number of piperidine rings is 1. The molecule has 0 atom stereocenters. The van der Waals surface area contributed by atoms with Crippen molar-refractivity contribution in [2.24, 2.45) is 7.05 Å². The Hall–Kier alpha value is -5.02. The molecule has 0 aliphatic carbocycles. The molecular formula is C34H31F4N9OS. The van der Waals surface area contributed by atoms with Crippen molar-refractivity contribution in [3.8, 4) is 33.1 Å². The molecule has 10 nitrogen and oxygen atoms in total. The van der Waals surface area contributed by atoms with E-state index >= 15 is 0 Å². The molecule has 1 saturated heterocycles. The second-order valence-corrected chi connectivity index (χ2v) is 13.0. The lowest BCUT2D eigenvalue weighted by Crippen LogP contribution is -2.36. The van der Waals surface area contributed by atoms with E-state index in [0.717, 1.165) is 16.8 Å². The number of rotatable bonds is 8. The highest BCUT2D eigenvalue weighted by Gasteiger charge is 2.32. The Balaban J connectivity index is 1.19. The van der Waals surface area contributed by atoms with E-state index in [1.54, 1.807) is 52.9 Å². The third-order valence-electron chi connectivity index (χ3n) is 8.62. The lowest BCUT2D eigenvalue weighted by atomic mass is 9.88. The fourth-order valence-electron chi connectivity index (χ4n) is 6.25. The number of imidazole rings is 1. The third kappa shape index (κ3) is 6.94. The summed E-state index contributed by atoms with van der Waals surface area (Å²) >= 11 is 1.27. The molecular weight excluding hydrogens is 658 g/mol. The highest BCUT2D eigenvalue weighted by Crippen LogP contribution is 2.41. The fourth-order valence-corrected chi connectivity index (χ4v) is 7.20. The number of anilines is 1. The Morgan fingerprint density at radius 2 is 1.80 bits per heavy atom. The van der Waals surface area contributed by atoms with Gasteiger partial charge in [-0.25, -0.2) is 18.9 Å². The van der Waals surface area contributed by atoms with E-state index in [-0.39, 0.29) is 24.2 Å².